The minimum Gasteiger partial charge on any atom is -0.504 e. The van der Waals surface area contributed by atoms with Crippen LogP contribution in [0.15, 0.2) is 24.3 Å². The first-order valence-electron chi connectivity index (χ1n) is 7.39. The zero-order valence-electron chi connectivity index (χ0n) is 12.8. The van der Waals surface area contributed by atoms with E-state index < -0.39 is 0 Å². The normalized spacial score (nSPS) is 11.2. The highest BCUT2D eigenvalue weighted by Crippen LogP contribution is 2.28. The van der Waals surface area contributed by atoms with Gasteiger partial charge in [0.1, 0.15) is 5.69 Å². The summed E-state index contributed by atoms with van der Waals surface area (Å²) in [7, 11) is 0. The Balaban J connectivity index is 2.47. The topological polar surface area (TPSA) is 38.1 Å². The standard InChI is InChI=1S/C17H24N2O/c1-5-6-16-17(20)15(11-12(2)3)18-19(16)14-9-7-13(4)8-10-14/h7-10,12,20H,5-6,11H2,1-4H3. The molecule has 0 unspecified atom stereocenters. The molecule has 0 fully saturated rings. The Morgan fingerprint density at radius 3 is 2.40 bits per heavy atom. The molecule has 108 valence electrons. The molecule has 0 amide bonds. The van der Waals surface area contributed by atoms with Gasteiger partial charge in [-0.25, -0.2) is 4.68 Å². The van der Waals surface area contributed by atoms with Gasteiger partial charge in [0.2, 0.25) is 0 Å². The van der Waals surface area contributed by atoms with Crippen LogP contribution in [0.3, 0.4) is 0 Å². The van der Waals surface area contributed by atoms with Crippen LogP contribution in [-0.2, 0) is 12.8 Å². The fourth-order valence-corrected chi connectivity index (χ4v) is 2.38. The maximum atomic E-state index is 10.4. The SMILES string of the molecule is CCCc1c(O)c(CC(C)C)nn1-c1ccc(C)cc1. The maximum Gasteiger partial charge on any atom is 0.160 e. The van der Waals surface area contributed by atoms with Crippen LogP contribution in [-0.4, -0.2) is 14.9 Å². The molecular formula is C17H24N2O. The first kappa shape index (κ1) is 14.6. The minimum atomic E-state index is 0.376. The number of nitrogens with zero attached hydrogens (tertiary/aromatic N) is 2. The third-order valence-corrected chi connectivity index (χ3v) is 3.39. The average Bonchev–Trinajstić information content (AvgIpc) is 2.69. The van der Waals surface area contributed by atoms with E-state index in [0.717, 1.165) is 36.3 Å². The van der Waals surface area contributed by atoms with Gasteiger partial charge >= 0.3 is 0 Å². The van der Waals surface area contributed by atoms with Gasteiger partial charge in [0, 0.05) is 0 Å². The molecule has 0 bridgehead atoms. The minimum absolute atomic E-state index is 0.376. The lowest BCUT2D eigenvalue weighted by Crippen LogP contribution is -2.03. The van der Waals surface area contributed by atoms with Crippen molar-refractivity contribution in [3.63, 3.8) is 0 Å². The molecule has 3 nitrogen and oxygen atoms in total. The van der Waals surface area contributed by atoms with Crippen LogP contribution in [0.4, 0.5) is 0 Å². The van der Waals surface area contributed by atoms with Gasteiger partial charge in [-0.3, -0.25) is 0 Å². The lowest BCUT2D eigenvalue weighted by molar-refractivity contribution is 0.455. The summed E-state index contributed by atoms with van der Waals surface area (Å²) in [6.45, 7) is 8.48. The Bertz CT molecular complexity index is 567. The van der Waals surface area contributed by atoms with Crippen LogP contribution in [0.2, 0.25) is 0 Å². The largest absolute Gasteiger partial charge is 0.504 e. The van der Waals surface area contributed by atoms with Gasteiger partial charge < -0.3 is 5.11 Å². The molecule has 1 aromatic heterocycles. The van der Waals surface area contributed by atoms with Crippen molar-refractivity contribution in [1.29, 1.82) is 0 Å². The van der Waals surface area contributed by atoms with Gasteiger partial charge in [-0.15, -0.1) is 0 Å². The van der Waals surface area contributed by atoms with E-state index in [1.807, 2.05) is 4.68 Å². The Morgan fingerprint density at radius 2 is 1.85 bits per heavy atom. The Labute approximate surface area is 121 Å². The fourth-order valence-electron chi connectivity index (χ4n) is 2.38. The molecule has 0 aliphatic heterocycles. The van der Waals surface area contributed by atoms with Gasteiger partial charge in [0.15, 0.2) is 5.75 Å². The molecule has 1 aromatic carbocycles. The molecule has 0 spiro atoms. The van der Waals surface area contributed by atoms with E-state index >= 15 is 0 Å². The van der Waals surface area contributed by atoms with E-state index in [-0.39, 0.29) is 0 Å². The third-order valence-electron chi connectivity index (χ3n) is 3.39. The molecule has 20 heavy (non-hydrogen) atoms. The van der Waals surface area contributed by atoms with Crippen molar-refractivity contribution in [2.75, 3.05) is 0 Å². The Hall–Kier alpha value is -1.77. The molecule has 2 aromatic rings. The molecule has 0 aliphatic carbocycles. The second kappa shape index (κ2) is 6.12. The summed E-state index contributed by atoms with van der Waals surface area (Å²) in [5.41, 5.74) is 3.98. The van der Waals surface area contributed by atoms with Gasteiger partial charge in [-0.05, 0) is 37.8 Å². The molecule has 0 radical (unpaired) electrons. The molecule has 0 aliphatic rings. The van der Waals surface area contributed by atoms with Gasteiger partial charge in [0.25, 0.3) is 0 Å². The highest BCUT2D eigenvalue weighted by Gasteiger charge is 2.18. The Kier molecular flexibility index (Phi) is 4.48. The smallest absolute Gasteiger partial charge is 0.160 e. The molecular weight excluding hydrogens is 248 g/mol. The van der Waals surface area contributed by atoms with Crippen LogP contribution in [0, 0.1) is 12.8 Å². The van der Waals surface area contributed by atoms with Crippen molar-refractivity contribution < 1.29 is 5.11 Å². The van der Waals surface area contributed by atoms with E-state index in [0.29, 0.717) is 11.7 Å². The summed E-state index contributed by atoms with van der Waals surface area (Å²) in [6.07, 6.45) is 2.64. The molecule has 1 heterocycles. The first-order valence-corrected chi connectivity index (χ1v) is 7.39. The van der Waals surface area contributed by atoms with Gasteiger partial charge in [-0.1, -0.05) is 44.9 Å². The number of aryl methyl sites for hydroxylation is 1. The lowest BCUT2D eigenvalue weighted by atomic mass is 10.1. The molecule has 1 N–H and O–H groups in total. The van der Waals surface area contributed by atoms with E-state index in [1.165, 1.54) is 5.56 Å². The van der Waals surface area contributed by atoms with Crippen LogP contribution in [0.25, 0.3) is 5.69 Å². The highest BCUT2D eigenvalue weighted by molar-refractivity contribution is 5.42. The number of aromatic nitrogens is 2. The van der Waals surface area contributed by atoms with Gasteiger partial charge in [-0.2, -0.15) is 5.10 Å². The maximum absolute atomic E-state index is 10.4. The fraction of sp³-hybridized carbons (Fsp3) is 0.471. The summed E-state index contributed by atoms with van der Waals surface area (Å²) < 4.78 is 1.90. The zero-order chi connectivity index (χ0) is 14.7. The molecule has 0 atom stereocenters. The van der Waals surface area contributed by atoms with Crippen molar-refractivity contribution in [2.24, 2.45) is 5.92 Å². The van der Waals surface area contributed by atoms with Crippen molar-refractivity contribution in [3.8, 4) is 11.4 Å². The van der Waals surface area contributed by atoms with Gasteiger partial charge in [0.05, 0.1) is 11.4 Å². The number of rotatable bonds is 5. The van der Waals surface area contributed by atoms with Crippen LogP contribution in [0.5, 0.6) is 5.75 Å². The summed E-state index contributed by atoms with van der Waals surface area (Å²) in [6, 6.07) is 8.26. The predicted octanol–water partition coefficient (Wildman–Crippen LogP) is 4.04. The number of aromatic hydroxyl groups is 1. The third kappa shape index (κ3) is 3.03. The second-order valence-corrected chi connectivity index (χ2v) is 5.84. The van der Waals surface area contributed by atoms with Crippen molar-refractivity contribution >= 4 is 0 Å². The van der Waals surface area contributed by atoms with Crippen LogP contribution < -0.4 is 0 Å². The highest BCUT2D eigenvalue weighted by atomic mass is 16.3. The Morgan fingerprint density at radius 1 is 1.20 bits per heavy atom. The summed E-state index contributed by atoms with van der Waals surface area (Å²) >= 11 is 0. The van der Waals surface area contributed by atoms with E-state index in [2.05, 4.69) is 57.1 Å². The average molecular weight is 272 g/mol. The number of hydrogen-bond donors (Lipinski definition) is 1. The quantitative estimate of drug-likeness (QED) is 0.892. The van der Waals surface area contributed by atoms with Crippen molar-refractivity contribution in [2.45, 2.75) is 47.0 Å². The van der Waals surface area contributed by atoms with Crippen LogP contribution in [0.1, 0.15) is 44.1 Å². The summed E-state index contributed by atoms with van der Waals surface area (Å²) in [5.74, 6) is 0.859. The van der Waals surface area contributed by atoms with E-state index in [1.54, 1.807) is 0 Å². The second-order valence-electron chi connectivity index (χ2n) is 5.84. The predicted molar refractivity (Wildman–Crippen MR) is 82.5 cm³/mol. The lowest BCUT2D eigenvalue weighted by Gasteiger charge is -2.07. The van der Waals surface area contributed by atoms with E-state index in [4.69, 9.17) is 0 Å². The molecule has 0 saturated carbocycles. The van der Waals surface area contributed by atoms with Crippen molar-refractivity contribution in [3.05, 3.63) is 41.2 Å². The van der Waals surface area contributed by atoms with Crippen molar-refractivity contribution in [1.82, 2.24) is 9.78 Å². The van der Waals surface area contributed by atoms with Crippen LogP contribution >= 0.6 is 0 Å². The van der Waals surface area contributed by atoms with E-state index in [9.17, 15) is 5.11 Å². The molecule has 0 saturated heterocycles. The zero-order valence-corrected chi connectivity index (χ0v) is 12.8. The first-order chi connectivity index (χ1) is 9.52. The summed E-state index contributed by atoms with van der Waals surface area (Å²) in [5, 5.41) is 15.1. The monoisotopic (exact) mass is 272 g/mol. The molecule has 2 rings (SSSR count). The number of benzene rings is 1. The number of hydrogen-bond acceptors (Lipinski definition) is 2. The summed E-state index contributed by atoms with van der Waals surface area (Å²) in [4.78, 5) is 0. The molecule has 3 heteroatoms.